The van der Waals surface area contributed by atoms with E-state index in [-0.39, 0.29) is 24.0 Å². The monoisotopic (exact) mass is 423 g/mol. The van der Waals surface area contributed by atoms with Crippen LogP contribution >= 0.6 is 24.0 Å². The lowest BCUT2D eigenvalue weighted by molar-refractivity contribution is 0.0674. The number of morpholine rings is 1. The van der Waals surface area contributed by atoms with E-state index in [0.29, 0.717) is 17.9 Å². The fourth-order valence-electron chi connectivity index (χ4n) is 3.28. The van der Waals surface area contributed by atoms with Crippen LogP contribution in [0.15, 0.2) is 47.5 Å². The third kappa shape index (κ3) is 3.45. The summed E-state index contributed by atoms with van der Waals surface area (Å²) in [5.74, 6) is 1.18. The van der Waals surface area contributed by atoms with Crippen molar-refractivity contribution in [1.82, 2.24) is 4.90 Å². The highest BCUT2D eigenvalue weighted by Gasteiger charge is 2.39. The molecule has 0 spiro atoms. The molecule has 2 atom stereocenters. The Morgan fingerprint density at radius 3 is 2.65 bits per heavy atom. The summed E-state index contributed by atoms with van der Waals surface area (Å²) >= 11 is 0. The summed E-state index contributed by atoms with van der Waals surface area (Å²) in [6.07, 6.45) is 1.10. The van der Waals surface area contributed by atoms with Gasteiger partial charge in [-0.25, -0.2) is 4.99 Å². The molecule has 2 aromatic carbocycles. The average molecular weight is 423 g/mol. The molecule has 0 aromatic heterocycles. The van der Waals surface area contributed by atoms with Crippen LogP contribution in [0.1, 0.15) is 17.9 Å². The van der Waals surface area contributed by atoms with Crippen molar-refractivity contribution in [2.45, 2.75) is 18.4 Å². The third-order valence-corrected chi connectivity index (χ3v) is 4.61. The minimum Gasteiger partial charge on any atom is -0.378 e. The van der Waals surface area contributed by atoms with E-state index >= 15 is 0 Å². The zero-order chi connectivity index (χ0) is 14.9. The SMILES string of the molecule is I.NC(=N[C@@H]1C[C@H]1c1cccc2ccccc12)N1CCOCC1. The van der Waals surface area contributed by atoms with Crippen molar-refractivity contribution in [3.63, 3.8) is 0 Å². The molecule has 1 saturated heterocycles. The molecule has 122 valence electrons. The molecule has 1 saturated carbocycles. The van der Waals surface area contributed by atoms with Gasteiger partial charge < -0.3 is 15.4 Å². The molecule has 1 heterocycles. The van der Waals surface area contributed by atoms with Gasteiger partial charge in [0.05, 0.1) is 19.3 Å². The molecule has 5 heteroatoms. The Balaban J connectivity index is 0.00000156. The van der Waals surface area contributed by atoms with Gasteiger partial charge in [0, 0.05) is 19.0 Å². The molecule has 1 aliphatic carbocycles. The van der Waals surface area contributed by atoms with E-state index in [1.807, 2.05) is 0 Å². The van der Waals surface area contributed by atoms with E-state index in [2.05, 4.69) is 47.4 Å². The second kappa shape index (κ2) is 7.05. The standard InChI is InChI=1S/C18H21N3O.HI/c19-18(21-8-10-22-11-9-21)20-17-12-16(17)15-7-3-5-13-4-1-2-6-14(13)15;/h1-7,16-17H,8-12H2,(H2,19,20);1H/t16-,17+;/m0./s1. The van der Waals surface area contributed by atoms with E-state index in [0.717, 1.165) is 32.7 Å². The lowest BCUT2D eigenvalue weighted by Gasteiger charge is -2.27. The van der Waals surface area contributed by atoms with Crippen LogP contribution in [0.4, 0.5) is 0 Å². The Labute approximate surface area is 153 Å². The highest BCUT2D eigenvalue weighted by Crippen LogP contribution is 2.45. The van der Waals surface area contributed by atoms with Crippen molar-refractivity contribution in [3.8, 4) is 0 Å². The van der Waals surface area contributed by atoms with Crippen molar-refractivity contribution < 1.29 is 4.74 Å². The Morgan fingerprint density at radius 2 is 1.83 bits per heavy atom. The number of ether oxygens (including phenoxy) is 1. The van der Waals surface area contributed by atoms with Crippen LogP contribution in [-0.2, 0) is 4.74 Å². The summed E-state index contributed by atoms with van der Waals surface area (Å²) in [5, 5.41) is 2.65. The van der Waals surface area contributed by atoms with E-state index in [4.69, 9.17) is 15.5 Å². The molecule has 23 heavy (non-hydrogen) atoms. The molecule has 2 fully saturated rings. The first-order valence-corrected chi connectivity index (χ1v) is 7.96. The van der Waals surface area contributed by atoms with E-state index in [1.54, 1.807) is 0 Å². The summed E-state index contributed by atoms with van der Waals surface area (Å²) in [7, 11) is 0. The van der Waals surface area contributed by atoms with Gasteiger partial charge in [-0.05, 0) is 22.8 Å². The average Bonchev–Trinajstić information content (AvgIpc) is 3.34. The first-order valence-electron chi connectivity index (χ1n) is 7.96. The van der Waals surface area contributed by atoms with Crippen molar-refractivity contribution in [3.05, 3.63) is 48.0 Å². The maximum absolute atomic E-state index is 6.16. The quantitative estimate of drug-likeness (QED) is 0.459. The Bertz CT molecular complexity index is 707. The lowest BCUT2D eigenvalue weighted by atomic mass is 10.0. The number of benzene rings is 2. The van der Waals surface area contributed by atoms with Gasteiger partial charge >= 0.3 is 0 Å². The summed E-state index contributed by atoms with van der Waals surface area (Å²) in [4.78, 5) is 6.87. The second-order valence-electron chi connectivity index (χ2n) is 6.06. The minimum absolute atomic E-state index is 0. The maximum atomic E-state index is 6.16. The molecule has 0 unspecified atom stereocenters. The van der Waals surface area contributed by atoms with Gasteiger partial charge in [0.1, 0.15) is 0 Å². The topological polar surface area (TPSA) is 50.8 Å². The highest BCUT2D eigenvalue weighted by atomic mass is 127. The maximum Gasteiger partial charge on any atom is 0.191 e. The number of hydrogen-bond donors (Lipinski definition) is 1. The van der Waals surface area contributed by atoms with Crippen LogP contribution in [0.3, 0.4) is 0 Å². The second-order valence-corrected chi connectivity index (χ2v) is 6.06. The number of nitrogens with two attached hydrogens (primary N) is 1. The van der Waals surface area contributed by atoms with Crippen LogP contribution in [-0.4, -0.2) is 43.2 Å². The van der Waals surface area contributed by atoms with Gasteiger partial charge in [0.2, 0.25) is 0 Å². The third-order valence-electron chi connectivity index (χ3n) is 4.61. The van der Waals surface area contributed by atoms with Crippen LogP contribution in [0.25, 0.3) is 10.8 Å². The molecule has 0 bridgehead atoms. The number of hydrogen-bond acceptors (Lipinski definition) is 2. The Morgan fingerprint density at radius 1 is 1.09 bits per heavy atom. The smallest absolute Gasteiger partial charge is 0.191 e. The van der Waals surface area contributed by atoms with Gasteiger partial charge in [-0.1, -0.05) is 42.5 Å². The number of nitrogens with zero attached hydrogens (tertiary/aromatic N) is 2. The molecular formula is C18H22IN3O. The molecule has 0 radical (unpaired) electrons. The summed E-state index contributed by atoms with van der Waals surface area (Å²) in [6.45, 7) is 3.18. The zero-order valence-corrected chi connectivity index (χ0v) is 15.4. The summed E-state index contributed by atoms with van der Waals surface area (Å²) in [5.41, 5.74) is 7.57. The predicted octanol–water partition coefficient (Wildman–Crippen LogP) is 2.96. The fourth-order valence-corrected chi connectivity index (χ4v) is 3.28. The molecule has 2 aromatic rings. The lowest BCUT2D eigenvalue weighted by Crippen LogP contribution is -2.45. The van der Waals surface area contributed by atoms with Gasteiger partial charge in [-0.15, -0.1) is 24.0 Å². The molecule has 2 aliphatic rings. The predicted molar refractivity (Wildman–Crippen MR) is 105 cm³/mol. The van der Waals surface area contributed by atoms with Gasteiger partial charge in [0.15, 0.2) is 5.96 Å². The van der Waals surface area contributed by atoms with Crippen molar-refractivity contribution in [2.24, 2.45) is 10.7 Å². The largest absolute Gasteiger partial charge is 0.378 e. The normalized spacial score (nSPS) is 24.3. The number of fused-ring (bicyclic) bond motifs is 1. The van der Waals surface area contributed by atoms with Gasteiger partial charge in [-0.3, -0.25) is 0 Å². The van der Waals surface area contributed by atoms with E-state index in [1.165, 1.54) is 16.3 Å². The van der Waals surface area contributed by atoms with Crippen LogP contribution in [0.5, 0.6) is 0 Å². The number of rotatable bonds is 2. The Hall–Kier alpha value is -1.34. The number of aliphatic imine (C=N–C) groups is 1. The highest BCUT2D eigenvalue weighted by molar-refractivity contribution is 14.0. The minimum atomic E-state index is 0. The van der Waals surface area contributed by atoms with Crippen LogP contribution in [0.2, 0.25) is 0 Å². The first kappa shape index (κ1) is 16.5. The molecule has 4 rings (SSSR count). The molecule has 1 aliphatic heterocycles. The molecule has 2 N–H and O–H groups in total. The molecular weight excluding hydrogens is 401 g/mol. The molecule has 4 nitrogen and oxygen atoms in total. The number of halogens is 1. The van der Waals surface area contributed by atoms with Gasteiger partial charge in [0.25, 0.3) is 0 Å². The summed E-state index contributed by atoms with van der Waals surface area (Å²) < 4.78 is 5.36. The zero-order valence-electron chi connectivity index (χ0n) is 13.0. The van der Waals surface area contributed by atoms with E-state index < -0.39 is 0 Å². The molecule has 0 amide bonds. The van der Waals surface area contributed by atoms with Crippen LogP contribution < -0.4 is 5.73 Å². The Kier molecular flexibility index (Phi) is 5.06. The summed E-state index contributed by atoms with van der Waals surface area (Å²) in [6, 6.07) is 15.4. The van der Waals surface area contributed by atoms with E-state index in [9.17, 15) is 0 Å². The fraction of sp³-hybridized carbons (Fsp3) is 0.389. The number of guanidine groups is 1. The van der Waals surface area contributed by atoms with Crippen molar-refractivity contribution in [1.29, 1.82) is 0 Å². The van der Waals surface area contributed by atoms with Crippen molar-refractivity contribution in [2.75, 3.05) is 26.3 Å². The first-order chi connectivity index (χ1) is 10.8. The van der Waals surface area contributed by atoms with Crippen molar-refractivity contribution >= 4 is 40.7 Å². The van der Waals surface area contributed by atoms with Gasteiger partial charge in [-0.2, -0.15) is 0 Å². The van der Waals surface area contributed by atoms with Crippen LogP contribution in [0, 0.1) is 0 Å².